The van der Waals surface area contributed by atoms with E-state index >= 15 is 0 Å². The molecule has 0 spiro atoms. The smallest absolute Gasteiger partial charge is 0.340 e. The van der Waals surface area contributed by atoms with Gasteiger partial charge in [0.05, 0.1) is 11.1 Å². The van der Waals surface area contributed by atoms with Gasteiger partial charge in [0.1, 0.15) is 5.82 Å². The molecule has 1 N–H and O–H groups in total. The summed E-state index contributed by atoms with van der Waals surface area (Å²) in [5.74, 6) is 0.548. The highest BCUT2D eigenvalue weighted by molar-refractivity contribution is 5.93. The fraction of sp³-hybridized carbons (Fsp3) is 0.130. The molecule has 0 fully saturated rings. The summed E-state index contributed by atoms with van der Waals surface area (Å²) < 4.78 is 40.0. The van der Waals surface area contributed by atoms with Crippen LogP contribution >= 0.6 is 0 Å². The first-order valence-corrected chi connectivity index (χ1v) is 9.24. The molecule has 2 heterocycles. The number of nitrogens with zero attached hydrogens (tertiary/aromatic N) is 2. The van der Waals surface area contributed by atoms with Crippen molar-refractivity contribution in [2.75, 3.05) is 5.32 Å². The Bertz CT molecular complexity index is 1290. The molecule has 0 radical (unpaired) electrons. The van der Waals surface area contributed by atoms with E-state index in [0.29, 0.717) is 16.9 Å². The van der Waals surface area contributed by atoms with Gasteiger partial charge >= 0.3 is 6.18 Å². The van der Waals surface area contributed by atoms with E-state index in [2.05, 4.69) is 10.3 Å². The second-order valence-corrected chi connectivity index (χ2v) is 7.06. The van der Waals surface area contributed by atoms with E-state index in [1.54, 1.807) is 36.9 Å². The number of pyridine rings is 2. The molecule has 4 aromatic rings. The largest absolute Gasteiger partial charge is 0.416 e. The van der Waals surface area contributed by atoms with Gasteiger partial charge in [0.15, 0.2) is 0 Å². The molecule has 0 aliphatic heterocycles. The lowest BCUT2D eigenvalue weighted by Crippen LogP contribution is -2.19. The van der Waals surface area contributed by atoms with E-state index in [1.807, 2.05) is 24.3 Å². The SMILES string of the molecule is Cc1cc2c(Nc3cc(-c4ccc(C(F)(F)F)cc4)ccn3)cccc2n(C)c1=O. The summed E-state index contributed by atoms with van der Waals surface area (Å²) in [7, 11) is 1.73. The summed E-state index contributed by atoms with van der Waals surface area (Å²) in [4.78, 5) is 16.5. The van der Waals surface area contributed by atoms with Crippen LogP contribution in [0.2, 0.25) is 0 Å². The van der Waals surface area contributed by atoms with Gasteiger partial charge in [0.25, 0.3) is 5.56 Å². The molecule has 0 aliphatic rings. The van der Waals surface area contributed by atoms with Crippen LogP contribution in [-0.2, 0) is 13.2 Å². The number of benzene rings is 2. The first kappa shape index (κ1) is 19.7. The maximum absolute atomic E-state index is 12.8. The van der Waals surface area contributed by atoms with Crippen molar-refractivity contribution in [2.45, 2.75) is 13.1 Å². The zero-order valence-electron chi connectivity index (χ0n) is 16.3. The molecule has 0 bridgehead atoms. The molecule has 0 saturated heterocycles. The highest BCUT2D eigenvalue weighted by Gasteiger charge is 2.29. The zero-order valence-corrected chi connectivity index (χ0v) is 16.3. The van der Waals surface area contributed by atoms with E-state index in [9.17, 15) is 18.0 Å². The average molecular weight is 409 g/mol. The van der Waals surface area contributed by atoms with Crippen LogP contribution < -0.4 is 10.9 Å². The number of halogens is 3. The van der Waals surface area contributed by atoms with Gasteiger partial charge in [-0.2, -0.15) is 13.2 Å². The van der Waals surface area contributed by atoms with Gasteiger partial charge in [-0.05, 0) is 60.5 Å². The Morgan fingerprint density at radius 3 is 2.40 bits per heavy atom. The zero-order chi connectivity index (χ0) is 21.5. The van der Waals surface area contributed by atoms with Crippen molar-refractivity contribution in [2.24, 2.45) is 7.05 Å². The van der Waals surface area contributed by atoms with Crippen molar-refractivity contribution in [3.63, 3.8) is 0 Å². The molecule has 152 valence electrons. The van der Waals surface area contributed by atoms with Crippen molar-refractivity contribution >= 4 is 22.4 Å². The molecule has 2 aromatic carbocycles. The highest BCUT2D eigenvalue weighted by Crippen LogP contribution is 2.32. The van der Waals surface area contributed by atoms with Crippen LogP contribution in [0.3, 0.4) is 0 Å². The third-order valence-corrected chi connectivity index (χ3v) is 5.02. The molecule has 0 amide bonds. The quantitative estimate of drug-likeness (QED) is 0.474. The van der Waals surface area contributed by atoms with Gasteiger partial charge < -0.3 is 9.88 Å². The first-order chi connectivity index (χ1) is 14.2. The lowest BCUT2D eigenvalue weighted by Gasteiger charge is -2.13. The van der Waals surface area contributed by atoms with Crippen LogP contribution in [0.25, 0.3) is 22.0 Å². The van der Waals surface area contributed by atoms with Crippen LogP contribution in [0.4, 0.5) is 24.7 Å². The Hall–Kier alpha value is -3.61. The van der Waals surface area contributed by atoms with Gasteiger partial charge in [-0.1, -0.05) is 18.2 Å². The molecule has 4 rings (SSSR count). The second-order valence-electron chi connectivity index (χ2n) is 7.06. The summed E-state index contributed by atoms with van der Waals surface area (Å²) in [6.45, 7) is 1.77. The number of rotatable bonds is 3. The van der Waals surface area contributed by atoms with E-state index in [4.69, 9.17) is 0 Å². The Kier molecular flexibility index (Phi) is 4.81. The molecule has 2 aromatic heterocycles. The standard InChI is InChI=1S/C23H18F3N3O/c1-14-12-18-19(4-3-5-20(18)29(2)22(14)30)28-21-13-16(10-11-27-21)15-6-8-17(9-7-15)23(24,25)26/h3-13H,1-2H3,(H,27,28). The third-order valence-electron chi connectivity index (χ3n) is 5.02. The summed E-state index contributed by atoms with van der Waals surface area (Å²) in [5, 5.41) is 4.13. The third kappa shape index (κ3) is 3.66. The topological polar surface area (TPSA) is 46.9 Å². The Labute approximate surface area is 170 Å². The summed E-state index contributed by atoms with van der Waals surface area (Å²) in [6.07, 6.45) is -2.77. The van der Waals surface area contributed by atoms with Gasteiger partial charge in [-0.25, -0.2) is 4.98 Å². The Morgan fingerprint density at radius 2 is 1.70 bits per heavy atom. The van der Waals surface area contributed by atoms with Crippen molar-refractivity contribution in [3.8, 4) is 11.1 Å². The molecule has 7 heteroatoms. The summed E-state index contributed by atoms with van der Waals surface area (Å²) >= 11 is 0. The molecule has 4 nitrogen and oxygen atoms in total. The molecule has 0 saturated carbocycles. The number of aryl methyl sites for hydroxylation is 2. The number of hydrogen-bond acceptors (Lipinski definition) is 3. The van der Waals surface area contributed by atoms with Gasteiger partial charge in [-0.15, -0.1) is 0 Å². The monoisotopic (exact) mass is 409 g/mol. The van der Waals surface area contributed by atoms with Crippen molar-refractivity contribution in [1.82, 2.24) is 9.55 Å². The van der Waals surface area contributed by atoms with Crippen LogP contribution in [0.15, 0.2) is 71.7 Å². The minimum Gasteiger partial charge on any atom is -0.340 e. The highest BCUT2D eigenvalue weighted by atomic mass is 19.4. The fourth-order valence-corrected chi connectivity index (χ4v) is 3.43. The summed E-state index contributed by atoms with van der Waals surface area (Å²) in [5.41, 5.74) is 2.86. The van der Waals surface area contributed by atoms with Crippen molar-refractivity contribution in [1.29, 1.82) is 0 Å². The second kappa shape index (κ2) is 7.33. The predicted octanol–water partition coefficient (Wildman–Crippen LogP) is 5.67. The van der Waals surface area contributed by atoms with E-state index < -0.39 is 11.7 Å². The number of aromatic nitrogens is 2. The molecular formula is C23H18F3N3O. The van der Waals surface area contributed by atoms with Crippen LogP contribution in [0.5, 0.6) is 0 Å². The molecule has 0 unspecified atom stereocenters. The normalized spacial score (nSPS) is 11.6. The van der Waals surface area contributed by atoms with E-state index in [-0.39, 0.29) is 5.56 Å². The van der Waals surface area contributed by atoms with Gasteiger partial charge in [-0.3, -0.25) is 4.79 Å². The Balaban J connectivity index is 1.70. The minimum absolute atomic E-state index is 0.0536. The average Bonchev–Trinajstić information content (AvgIpc) is 2.72. The predicted molar refractivity (Wildman–Crippen MR) is 112 cm³/mol. The number of fused-ring (bicyclic) bond motifs is 1. The first-order valence-electron chi connectivity index (χ1n) is 9.24. The maximum Gasteiger partial charge on any atom is 0.416 e. The fourth-order valence-electron chi connectivity index (χ4n) is 3.43. The molecular weight excluding hydrogens is 391 g/mol. The van der Waals surface area contributed by atoms with Crippen LogP contribution in [0.1, 0.15) is 11.1 Å². The lowest BCUT2D eigenvalue weighted by molar-refractivity contribution is -0.137. The van der Waals surface area contributed by atoms with Gasteiger partial charge in [0, 0.05) is 29.9 Å². The Morgan fingerprint density at radius 1 is 0.967 bits per heavy atom. The van der Waals surface area contributed by atoms with Crippen molar-refractivity contribution in [3.05, 3.63) is 88.3 Å². The molecule has 0 aliphatic carbocycles. The molecule has 0 atom stereocenters. The maximum atomic E-state index is 12.8. The molecule has 30 heavy (non-hydrogen) atoms. The van der Waals surface area contributed by atoms with E-state index in [1.165, 1.54) is 12.1 Å². The number of hydrogen-bond donors (Lipinski definition) is 1. The van der Waals surface area contributed by atoms with E-state index in [0.717, 1.165) is 34.3 Å². The number of nitrogens with one attached hydrogen (secondary N) is 1. The summed E-state index contributed by atoms with van der Waals surface area (Å²) in [6, 6.07) is 16.0. The number of alkyl halides is 3. The van der Waals surface area contributed by atoms with Gasteiger partial charge in [0.2, 0.25) is 0 Å². The lowest BCUT2D eigenvalue weighted by atomic mass is 10.0. The minimum atomic E-state index is -4.36. The van der Waals surface area contributed by atoms with Crippen LogP contribution in [-0.4, -0.2) is 9.55 Å². The van der Waals surface area contributed by atoms with Crippen molar-refractivity contribution < 1.29 is 13.2 Å². The van der Waals surface area contributed by atoms with Crippen LogP contribution in [0, 0.1) is 6.92 Å². The number of anilines is 2.